The fraction of sp³-hybridized carbons (Fsp3) is 0.796. The highest BCUT2D eigenvalue weighted by Gasteiger charge is 2.56. The van der Waals surface area contributed by atoms with Gasteiger partial charge in [-0.1, -0.05) is 71.9 Å². The minimum atomic E-state index is -2.23. The Morgan fingerprint density at radius 1 is 0.866 bits per heavy atom. The molecule has 0 aromatic heterocycles. The van der Waals surface area contributed by atoms with Gasteiger partial charge in [0.05, 0.1) is 30.8 Å². The zero-order valence-electron chi connectivity index (χ0n) is 42.6. The van der Waals surface area contributed by atoms with Gasteiger partial charge < -0.3 is 62.2 Å². The van der Waals surface area contributed by atoms with Crippen LogP contribution in [-0.2, 0) is 66.2 Å². The first kappa shape index (κ1) is 58.3. The lowest BCUT2D eigenvalue weighted by atomic mass is 9.80. The Kier molecular flexibility index (Phi) is 22.8. The van der Waals surface area contributed by atoms with Crippen molar-refractivity contribution in [3.63, 3.8) is 0 Å². The normalized spacial score (nSPS) is 38.0. The molecule has 18 heteroatoms. The number of allylic oxidation sites excluding steroid dienone is 2. The highest BCUT2D eigenvalue weighted by atomic mass is 28.4. The Morgan fingerprint density at radius 3 is 2.03 bits per heavy atom. The molecular formula is C49H83NO16Si. The SMILES string of the molecule is C=C[C@@]1(O)C[C@@H](C)[C@@H](O[Si](CC)(CC)CC)/C=C/C=C/C[C@@H](C)OC(=O)C[C@@H](OC(=O)CC)[C@H](OC)[C@H]1OC1OC(C)C(OC2CC(C)(O)C(OC(=O)CC)C(C)O2)C(N(C)C)C1OC(C)=O. The van der Waals surface area contributed by atoms with Gasteiger partial charge in [0.2, 0.25) is 0 Å². The molecule has 0 amide bonds. The summed E-state index contributed by atoms with van der Waals surface area (Å²) < 4.78 is 63.0. The number of ether oxygens (including phenoxy) is 9. The number of likely N-dealkylation sites (N-methyl/N-ethyl adjacent to an activating group) is 1. The first-order valence-corrected chi connectivity index (χ1v) is 26.7. The lowest BCUT2D eigenvalue weighted by Crippen LogP contribution is -2.67. The lowest BCUT2D eigenvalue weighted by molar-refractivity contribution is -0.349. The van der Waals surface area contributed by atoms with Crippen molar-refractivity contribution in [1.29, 1.82) is 0 Å². The van der Waals surface area contributed by atoms with Crippen molar-refractivity contribution in [2.75, 3.05) is 21.2 Å². The Hall–Kier alpha value is -3.04. The van der Waals surface area contributed by atoms with Crippen molar-refractivity contribution in [2.45, 2.75) is 224 Å². The fourth-order valence-corrected chi connectivity index (χ4v) is 12.3. The minimum Gasteiger partial charge on any atom is -0.462 e. The van der Waals surface area contributed by atoms with Crippen LogP contribution in [0.4, 0.5) is 0 Å². The van der Waals surface area contributed by atoms with Crippen molar-refractivity contribution in [1.82, 2.24) is 4.90 Å². The third-order valence-corrected chi connectivity index (χ3v) is 18.0. The number of nitrogens with zero attached hydrogens (tertiary/aromatic N) is 1. The van der Waals surface area contributed by atoms with E-state index in [9.17, 15) is 29.4 Å². The Balaban J connectivity index is 2.23. The van der Waals surface area contributed by atoms with Gasteiger partial charge in [0.25, 0.3) is 0 Å². The van der Waals surface area contributed by atoms with Gasteiger partial charge in [0.15, 0.2) is 33.1 Å². The summed E-state index contributed by atoms with van der Waals surface area (Å²) in [6.07, 6.45) is -3.44. The van der Waals surface area contributed by atoms with Crippen molar-refractivity contribution < 1.29 is 76.4 Å². The van der Waals surface area contributed by atoms with Crippen molar-refractivity contribution in [3.8, 4) is 0 Å². The predicted octanol–water partition coefficient (Wildman–Crippen LogP) is 6.08. The molecule has 16 atom stereocenters. The number of carbonyl (C=O) groups excluding carboxylic acids is 4. The van der Waals surface area contributed by atoms with Crippen LogP contribution in [0.2, 0.25) is 18.1 Å². The average molecular weight is 970 g/mol. The number of esters is 4. The molecule has 384 valence electrons. The summed E-state index contributed by atoms with van der Waals surface area (Å²) in [6, 6.07) is 1.85. The zero-order chi connectivity index (χ0) is 50.4. The van der Waals surface area contributed by atoms with Crippen LogP contribution in [-0.4, -0.2) is 159 Å². The highest BCUT2D eigenvalue weighted by molar-refractivity contribution is 6.73. The molecule has 0 bridgehead atoms. The van der Waals surface area contributed by atoms with Crippen molar-refractivity contribution in [3.05, 3.63) is 37.0 Å². The van der Waals surface area contributed by atoms with Crippen LogP contribution < -0.4 is 0 Å². The molecule has 0 saturated carbocycles. The van der Waals surface area contributed by atoms with E-state index in [0.717, 1.165) is 18.1 Å². The topological polar surface area (TPSA) is 204 Å². The molecule has 17 nitrogen and oxygen atoms in total. The van der Waals surface area contributed by atoms with Gasteiger partial charge in [0.1, 0.15) is 41.7 Å². The summed E-state index contributed by atoms with van der Waals surface area (Å²) >= 11 is 0. The molecule has 0 spiro atoms. The van der Waals surface area contributed by atoms with Crippen LogP contribution in [0.3, 0.4) is 0 Å². The van der Waals surface area contributed by atoms with Crippen LogP contribution >= 0.6 is 0 Å². The summed E-state index contributed by atoms with van der Waals surface area (Å²) in [5.74, 6) is -2.86. The van der Waals surface area contributed by atoms with Crippen LogP contribution in [0.25, 0.3) is 0 Å². The Morgan fingerprint density at radius 2 is 1.49 bits per heavy atom. The number of hydrogen-bond donors (Lipinski definition) is 2. The minimum absolute atomic E-state index is 0.0215. The number of cyclic esters (lactones) is 1. The monoisotopic (exact) mass is 970 g/mol. The number of carbonyl (C=O) groups is 4. The molecule has 0 aliphatic carbocycles. The largest absolute Gasteiger partial charge is 0.462 e. The molecule has 3 aliphatic heterocycles. The first-order valence-electron chi connectivity index (χ1n) is 24.1. The van der Waals surface area contributed by atoms with Gasteiger partial charge in [-0.05, 0) is 72.3 Å². The second-order valence-electron chi connectivity index (χ2n) is 18.8. The molecular weight excluding hydrogens is 887 g/mol. The lowest BCUT2D eigenvalue weighted by Gasteiger charge is -2.51. The molecule has 67 heavy (non-hydrogen) atoms. The van der Waals surface area contributed by atoms with Gasteiger partial charge in [-0.15, -0.1) is 6.58 Å². The standard InChI is InChI=1S/C49H83NO16Si/c1-16-37(52)62-36-27-39(54)58-31(8)25-23-22-24-26-35(66-67(19-4,20-5)21-6)30(7)28-49(56,18-3)46(43(36)57-15)65-47-44(61-34(11)51)41(50(13)14)42(32(9)60-47)64-40-29-48(12,55)45(33(10)59-40)63-38(53)17-2/h18,22-24,26,30-33,35-36,40-47,55-56H,3,16-17,19-21,25,27-29H2,1-2,4-15H3/b23-22+,26-24+/t30-,31-,32?,33?,35+,36-,40?,41?,42?,43+,44?,45?,46-,47?,48?,49-/m1/s1. The second kappa shape index (κ2) is 26.2. The number of hydrogen-bond acceptors (Lipinski definition) is 17. The third kappa shape index (κ3) is 15.7. The summed E-state index contributed by atoms with van der Waals surface area (Å²) in [4.78, 5) is 53.9. The summed E-state index contributed by atoms with van der Waals surface area (Å²) in [5, 5.41) is 24.7. The smallest absolute Gasteiger partial charge is 0.309 e. The van der Waals surface area contributed by atoms with E-state index < -0.39 is 129 Å². The highest BCUT2D eigenvalue weighted by Crippen LogP contribution is 2.40. The molecule has 0 aromatic rings. The van der Waals surface area contributed by atoms with E-state index in [2.05, 4.69) is 27.4 Å². The maximum atomic E-state index is 13.6. The van der Waals surface area contributed by atoms with Crippen LogP contribution in [0.1, 0.15) is 115 Å². The zero-order valence-corrected chi connectivity index (χ0v) is 43.6. The van der Waals surface area contributed by atoms with Gasteiger partial charge in [-0.2, -0.15) is 0 Å². The van der Waals surface area contributed by atoms with E-state index in [4.69, 9.17) is 47.1 Å². The molecule has 3 aliphatic rings. The van der Waals surface area contributed by atoms with Gasteiger partial charge in [0, 0.05) is 39.7 Å². The van der Waals surface area contributed by atoms with Crippen LogP contribution in [0.15, 0.2) is 37.0 Å². The maximum Gasteiger partial charge on any atom is 0.309 e. The second-order valence-corrected chi connectivity index (χ2v) is 23.6. The summed E-state index contributed by atoms with van der Waals surface area (Å²) in [7, 11) is 2.65. The Bertz CT molecular complexity index is 1660. The van der Waals surface area contributed by atoms with E-state index in [1.54, 1.807) is 60.5 Å². The van der Waals surface area contributed by atoms with Crippen LogP contribution in [0.5, 0.6) is 0 Å². The van der Waals surface area contributed by atoms with Gasteiger partial charge >= 0.3 is 23.9 Å². The first-order chi connectivity index (χ1) is 31.5. The van der Waals surface area contributed by atoms with E-state index in [-0.39, 0.29) is 31.6 Å². The number of methoxy groups -OCH3 is 1. The molecule has 0 radical (unpaired) electrons. The van der Waals surface area contributed by atoms with E-state index in [1.807, 2.05) is 31.2 Å². The van der Waals surface area contributed by atoms with E-state index in [1.165, 1.54) is 20.1 Å². The average Bonchev–Trinajstić information content (AvgIpc) is 3.26. The molecule has 3 rings (SSSR count). The van der Waals surface area contributed by atoms with Crippen molar-refractivity contribution >= 4 is 32.2 Å². The summed E-state index contributed by atoms with van der Waals surface area (Å²) in [5.41, 5.74) is -3.55. The molecule has 0 aromatic carbocycles. The molecule has 2 saturated heterocycles. The molecule has 3 heterocycles. The number of aliphatic hydroxyl groups is 2. The fourth-order valence-electron chi connectivity index (χ4n) is 9.38. The van der Waals surface area contributed by atoms with Gasteiger partial charge in [-0.25, -0.2) is 0 Å². The maximum absolute atomic E-state index is 13.6. The predicted molar refractivity (Wildman–Crippen MR) is 252 cm³/mol. The third-order valence-electron chi connectivity index (χ3n) is 13.4. The quantitative estimate of drug-likeness (QED) is 0.0734. The van der Waals surface area contributed by atoms with E-state index >= 15 is 0 Å². The van der Waals surface area contributed by atoms with Crippen molar-refractivity contribution in [2.24, 2.45) is 5.92 Å². The molecule has 2 fully saturated rings. The molecule has 9 unspecified atom stereocenters. The molecule has 2 N–H and O–H groups in total. The van der Waals surface area contributed by atoms with Gasteiger partial charge in [-0.3, -0.25) is 19.2 Å². The Labute approximate surface area is 400 Å². The summed E-state index contributed by atoms with van der Waals surface area (Å²) in [6.45, 7) is 23.7. The number of rotatable bonds is 17. The van der Waals surface area contributed by atoms with E-state index in [0.29, 0.717) is 6.42 Å². The van der Waals surface area contributed by atoms with Crippen LogP contribution in [0, 0.1) is 5.92 Å².